The fourth-order valence-corrected chi connectivity index (χ4v) is 0.370. The Balaban J connectivity index is 2.32. The highest BCUT2D eigenvalue weighted by Gasteiger charge is 1.98. The fourth-order valence-electron chi connectivity index (χ4n) is 0.199. The molecular formula is CH3BrN4. The molecule has 0 radical (unpaired) electrons. The van der Waals surface area contributed by atoms with Gasteiger partial charge in [-0.1, -0.05) is 5.22 Å². The van der Waals surface area contributed by atoms with Crippen LogP contribution >= 0.6 is 16.1 Å². The maximum Gasteiger partial charge on any atom is 0.145 e. The van der Waals surface area contributed by atoms with Crippen molar-refractivity contribution >= 4 is 16.1 Å². The lowest BCUT2D eigenvalue weighted by Crippen LogP contribution is -2.16. The number of halogens is 1. The lowest BCUT2D eigenvalue weighted by atomic mass is 11.2. The predicted molar refractivity (Wildman–Crippen MR) is 23.6 cm³/mol. The molecular weight excluding hydrogens is 148 g/mol. The van der Waals surface area contributed by atoms with Gasteiger partial charge in [0.15, 0.2) is 0 Å². The van der Waals surface area contributed by atoms with Crippen LogP contribution in [0.4, 0.5) is 0 Å². The summed E-state index contributed by atoms with van der Waals surface area (Å²) in [6.45, 7) is 0.583. The Morgan fingerprint density at radius 2 is 2.67 bits per heavy atom. The van der Waals surface area contributed by atoms with Crippen LogP contribution in [0.5, 0.6) is 0 Å². The number of hydrogen-bond acceptors (Lipinski definition) is 4. The molecule has 0 fully saturated rings. The maximum absolute atomic E-state index is 3.56. The predicted octanol–water partition coefficient (Wildman–Crippen LogP) is 0.441. The normalized spacial score (nSPS) is 21.5. The highest BCUT2D eigenvalue weighted by molar-refractivity contribution is 9.07. The van der Waals surface area contributed by atoms with Crippen LogP contribution in [0.3, 0.4) is 0 Å². The van der Waals surface area contributed by atoms with Crippen molar-refractivity contribution in [2.75, 3.05) is 6.67 Å². The Morgan fingerprint density at radius 3 is 2.83 bits per heavy atom. The molecule has 0 aromatic heterocycles. The van der Waals surface area contributed by atoms with Crippen LogP contribution in [0.25, 0.3) is 0 Å². The van der Waals surface area contributed by atoms with Crippen LogP contribution in [0, 0.1) is 0 Å². The summed E-state index contributed by atoms with van der Waals surface area (Å²) in [5.41, 5.74) is 2.53. The molecule has 0 bridgehead atoms. The van der Waals surface area contributed by atoms with Crippen LogP contribution in [0.1, 0.15) is 0 Å². The first-order valence-corrected chi connectivity index (χ1v) is 2.16. The molecule has 0 saturated carbocycles. The minimum Gasteiger partial charge on any atom is -0.210 e. The molecule has 0 unspecified atom stereocenters. The van der Waals surface area contributed by atoms with Crippen LogP contribution in [-0.2, 0) is 0 Å². The molecule has 4 nitrogen and oxygen atoms in total. The number of rotatable bonds is 0. The summed E-state index contributed by atoms with van der Waals surface area (Å²) in [5, 5.41) is 6.98. The third-order valence-electron chi connectivity index (χ3n) is 0.411. The van der Waals surface area contributed by atoms with E-state index in [1.165, 1.54) is 0 Å². The Labute approximate surface area is 43.5 Å². The Kier molecular flexibility index (Phi) is 1.02. The molecule has 6 heavy (non-hydrogen) atoms. The number of nitrogens with zero attached hydrogens (tertiary/aromatic N) is 3. The molecule has 0 aliphatic carbocycles. The summed E-state index contributed by atoms with van der Waals surface area (Å²) < 4.78 is 1.59. The first-order valence-electron chi connectivity index (χ1n) is 1.45. The second kappa shape index (κ2) is 1.53. The van der Waals surface area contributed by atoms with Gasteiger partial charge in [-0.15, -0.1) is 4.03 Å². The molecule has 1 aliphatic heterocycles. The Hall–Kier alpha value is -0.160. The smallest absolute Gasteiger partial charge is 0.145 e. The standard InChI is InChI=1S/CH3BrN4/c2-6-1-3-4-5-6/h1H2,(H,3,5). The molecule has 0 saturated heterocycles. The average Bonchev–Trinajstić information content (AvgIpc) is 1.86. The van der Waals surface area contributed by atoms with Gasteiger partial charge in [0.25, 0.3) is 0 Å². The van der Waals surface area contributed by atoms with E-state index in [1.54, 1.807) is 4.03 Å². The van der Waals surface area contributed by atoms with Gasteiger partial charge in [0.05, 0.1) is 0 Å². The number of hydrogen-bond donors (Lipinski definition) is 1. The minimum absolute atomic E-state index is 0.583. The lowest BCUT2D eigenvalue weighted by Gasteiger charge is -1.95. The van der Waals surface area contributed by atoms with E-state index in [1.807, 2.05) is 0 Å². The summed E-state index contributed by atoms with van der Waals surface area (Å²) >= 11 is 3.07. The van der Waals surface area contributed by atoms with Crippen LogP contribution in [-0.4, -0.2) is 10.7 Å². The molecule has 0 spiro atoms. The molecule has 0 aromatic rings. The van der Waals surface area contributed by atoms with Gasteiger partial charge in [0.1, 0.15) is 6.67 Å². The zero-order valence-electron chi connectivity index (χ0n) is 2.93. The van der Waals surface area contributed by atoms with Crippen molar-refractivity contribution < 1.29 is 0 Å². The topological polar surface area (TPSA) is 40.0 Å². The highest BCUT2D eigenvalue weighted by atomic mass is 79.9. The maximum atomic E-state index is 3.56. The van der Waals surface area contributed by atoms with E-state index in [0.717, 1.165) is 0 Å². The first kappa shape index (κ1) is 4.01. The molecule has 1 rings (SSSR count). The molecule has 1 N–H and O–H groups in total. The van der Waals surface area contributed by atoms with Crippen molar-refractivity contribution in [1.82, 2.24) is 9.57 Å². The van der Waals surface area contributed by atoms with Gasteiger partial charge in [-0.05, 0) is 0 Å². The van der Waals surface area contributed by atoms with Crippen molar-refractivity contribution in [2.24, 2.45) is 10.3 Å². The molecule has 34 valence electrons. The Morgan fingerprint density at radius 1 is 1.83 bits per heavy atom. The zero-order chi connectivity index (χ0) is 4.41. The molecule has 0 aromatic carbocycles. The van der Waals surface area contributed by atoms with Gasteiger partial charge in [0, 0.05) is 16.1 Å². The van der Waals surface area contributed by atoms with Crippen molar-refractivity contribution in [3.8, 4) is 0 Å². The highest BCUT2D eigenvalue weighted by Crippen LogP contribution is 1.96. The van der Waals surface area contributed by atoms with Gasteiger partial charge in [0.2, 0.25) is 0 Å². The van der Waals surface area contributed by atoms with Crippen molar-refractivity contribution in [3.63, 3.8) is 0 Å². The summed E-state index contributed by atoms with van der Waals surface area (Å²) in [7, 11) is 0. The fraction of sp³-hybridized carbons (Fsp3) is 1.00. The summed E-state index contributed by atoms with van der Waals surface area (Å²) in [5.74, 6) is 0. The lowest BCUT2D eigenvalue weighted by molar-refractivity contribution is 0.450. The second-order valence-electron chi connectivity index (χ2n) is 0.845. The summed E-state index contributed by atoms with van der Waals surface area (Å²) in [4.78, 5) is 0. The van der Waals surface area contributed by atoms with E-state index < -0.39 is 0 Å². The van der Waals surface area contributed by atoms with Crippen molar-refractivity contribution in [1.29, 1.82) is 0 Å². The van der Waals surface area contributed by atoms with Gasteiger partial charge < -0.3 is 0 Å². The first-order chi connectivity index (χ1) is 2.89. The van der Waals surface area contributed by atoms with Gasteiger partial charge >= 0.3 is 0 Å². The number of hydrazine groups is 1. The minimum atomic E-state index is 0.583. The molecule has 1 heterocycles. The van der Waals surface area contributed by atoms with Crippen molar-refractivity contribution in [3.05, 3.63) is 0 Å². The van der Waals surface area contributed by atoms with Gasteiger partial charge in [-0.25, -0.2) is 5.53 Å². The van der Waals surface area contributed by atoms with Gasteiger partial charge in [-0.3, -0.25) is 0 Å². The third kappa shape index (κ3) is 0.662. The second-order valence-corrected chi connectivity index (χ2v) is 1.70. The quantitative estimate of drug-likeness (QED) is 0.510. The largest absolute Gasteiger partial charge is 0.210 e. The summed E-state index contributed by atoms with van der Waals surface area (Å²) in [6, 6.07) is 0. The molecule has 1 aliphatic rings. The summed E-state index contributed by atoms with van der Waals surface area (Å²) in [6.07, 6.45) is 0. The molecule has 5 heteroatoms. The van der Waals surface area contributed by atoms with E-state index >= 15 is 0 Å². The van der Waals surface area contributed by atoms with E-state index in [0.29, 0.717) is 6.67 Å². The van der Waals surface area contributed by atoms with Crippen LogP contribution in [0.2, 0.25) is 0 Å². The van der Waals surface area contributed by atoms with E-state index in [-0.39, 0.29) is 0 Å². The number of nitrogens with one attached hydrogen (secondary N) is 1. The van der Waals surface area contributed by atoms with E-state index in [2.05, 4.69) is 32.0 Å². The molecule has 0 amide bonds. The average molecular weight is 151 g/mol. The van der Waals surface area contributed by atoms with Gasteiger partial charge in [-0.2, -0.15) is 5.11 Å². The monoisotopic (exact) mass is 150 g/mol. The zero-order valence-corrected chi connectivity index (χ0v) is 4.51. The van der Waals surface area contributed by atoms with E-state index in [4.69, 9.17) is 0 Å². The van der Waals surface area contributed by atoms with Crippen molar-refractivity contribution in [2.45, 2.75) is 0 Å². The SMILES string of the molecule is BrN1CN=NN1. The van der Waals surface area contributed by atoms with E-state index in [9.17, 15) is 0 Å². The third-order valence-corrected chi connectivity index (χ3v) is 0.794. The Bertz CT molecular complexity index is 61.9. The molecule has 0 atom stereocenters. The van der Waals surface area contributed by atoms with Crippen LogP contribution in [0.15, 0.2) is 10.3 Å². The van der Waals surface area contributed by atoms with Crippen LogP contribution < -0.4 is 5.53 Å².